The van der Waals surface area contributed by atoms with Crippen molar-refractivity contribution in [2.24, 2.45) is 0 Å². The molecule has 164 valence electrons. The minimum atomic E-state index is -0.610. The van der Waals surface area contributed by atoms with E-state index in [1.165, 1.54) is 18.7 Å². The third-order valence-corrected chi connectivity index (χ3v) is 5.24. The summed E-state index contributed by atoms with van der Waals surface area (Å²) < 4.78 is 0. The summed E-state index contributed by atoms with van der Waals surface area (Å²) in [6.07, 6.45) is 3.17. The monoisotopic (exact) mass is 470 g/mol. The van der Waals surface area contributed by atoms with Crippen LogP contribution in [-0.2, 0) is 10.5 Å². The lowest BCUT2D eigenvalue weighted by atomic mass is 10.3. The molecule has 4 amide bonds. The molecule has 0 saturated carbocycles. The van der Waals surface area contributed by atoms with Gasteiger partial charge in [-0.3, -0.25) is 15.0 Å². The molecule has 4 N–H and O–H groups in total. The molecule has 0 aliphatic rings. The van der Waals surface area contributed by atoms with E-state index >= 15 is 0 Å². The van der Waals surface area contributed by atoms with Crippen LogP contribution in [0.5, 0.6) is 0 Å². The van der Waals surface area contributed by atoms with E-state index in [9.17, 15) is 14.4 Å². The molecule has 0 atom stereocenters. The van der Waals surface area contributed by atoms with E-state index in [-0.39, 0.29) is 5.91 Å². The van der Waals surface area contributed by atoms with Crippen molar-refractivity contribution in [1.82, 2.24) is 20.8 Å². The van der Waals surface area contributed by atoms with E-state index < -0.39 is 11.9 Å². The highest BCUT2D eigenvalue weighted by Crippen LogP contribution is 2.24. The summed E-state index contributed by atoms with van der Waals surface area (Å²) in [6, 6.07) is 12.7. The Balaban J connectivity index is 1.58. The largest absolute Gasteiger partial charge is 0.337 e. The molecule has 0 unspecified atom stereocenters. The molecule has 32 heavy (non-hydrogen) atoms. The van der Waals surface area contributed by atoms with Gasteiger partial charge in [0.1, 0.15) is 10.8 Å². The third kappa shape index (κ3) is 6.96. The van der Waals surface area contributed by atoms with Gasteiger partial charge < -0.3 is 10.6 Å². The van der Waals surface area contributed by atoms with Crippen LogP contribution in [-0.4, -0.2) is 27.8 Å². The zero-order valence-corrected chi connectivity index (χ0v) is 18.5. The second-order valence-electron chi connectivity index (χ2n) is 6.42. The van der Waals surface area contributed by atoms with Gasteiger partial charge in [-0.2, -0.15) is 0 Å². The third-order valence-electron chi connectivity index (χ3n) is 3.91. The van der Waals surface area contributed by atoms with Crippen LogP contribution in [0, 0.1) is 0 Å². The number of hydrogen-bond donors (Lipinski definition) is 4. The van der Waals surface area contributed by atoms with Gasteiger partial charge in [0.2, 0.25) is 5.91 Å². The minimum absolute atomic E-state index is 0.210. The first-order chi connectivity index (χ1) is 15.4. The highest BCUT2D eigenvalue weighted by Gasteiger charge is 2.14. The number of anilines is 2. The fourth-order valence-electron chi connectivity index (χ4n) is 2.52. The molecule has 0 radical (unpaired) electrons. The molecule has 3 aromatic rings. The number of pyridine rings is 2. The second kappa shape index (κ2) is 11.1. The maximum Gasteiger partial charge on any atom is 0.337 e. The summed E-state index contributed by atoms with van der Waals surface area (Å²) in [6.45, 7) is 1.41. The van der Waals surface area contributed by atoms with E-state index in [1.807, 2.05) is 6.07 Å². The molecule has 0 spiro atoms. The number of halogens is 1. The number of hydrazine groups is 1. The molecule has 2 aromatic heterocycles. The molecular weight excluding hydrogens is 452 g/mol. The predicted octanol–water partition coefficient (Wildman–Crippen LogP) is 3.85. The molecule has 1 aromatic carbocycles. The van der Waals surface area contributed by atoms with Crippen LogP contribution in [0.25, 0.3) is 0 Å². The van der Waals surface area contributed by atoms with Crippen molar-refractivity contribution < 1.29 is 14.4 Å². The van der Waals surface area contributed by atoms with Gasteiger partial charge in [0.05, 0.1) is 5.56 Å². The lowest BCUT2D eigenvalue weighted by molar-refractivity contribution is -0.114. The molecule has 0 fully saturated rings. The number of benzene rings is 1. The summed E-state index contributed by atoms with van der Waals surface area (Å²) in [7, 11) is 0. The topological polar surface area (TPSA) is 125 Å². The van der Waals surface area contributed by atoms with Crippen LogP contribution in [0.4, 0.5) is 16.3 Å². The normalized spacial score (nSPS) is 10.2. The Bertz CT molecular complexity index is 1130. The number of hydrogen-bond acceptors (Lipinski definition) is 6. The van der Waals surface area contributed by atoms with Crippen molar-refractivity contribution in [3.05, 3.63) is 77.1 Å². The number of urea groups is 1. The number of nitrogens with zero attached hydrogens (tertiary/aromatic N) is 2. The molecule has 2 heterocycles. The number of carbonyl (C=O) groups is 3. The van der Waals surface area contributed by atoms with Crippen LogP contribution in [0.15, 0.2) is 66.0 Å². The number of thioether (sulfide) groups is 1. The Kier molecular flexibility index (Phi) is 8.01. The summed E-state index contributed by atoms with van der Waals surface area (Å²) in [5, 5.41) is 6.24. The van der Waals surface area contributed by atoms with Gasteiger partial charge in [-0.05, 0) is 54.1 Å². The highest BCUT2D eigenvalue weighted by molar-refractivity contribution is 7.98. The number of carbonyl (C=O) groups excluding carboxylic acids is 3. The van der Waals surface area contributed by atoms with Crippen molar-refractivity contribution in [3.8, 4) is 0 Å². The molecule has 9 nitrogen and oxygen atoms in total. The fraction of sp³-hybridized carbons (Fsp3) is 0.0952. The summed E-state index contributed by atoms with van der Waals surface area (Å²) in [5.74, 6) is 0.223. The minimum Gasteiger partial charge on any atom is -0.311 e. The summed E-state index contributed by atoms with van der Waals surface area (Å²) in [5.41, 5.74) is 6.39. The number of aromatic nitrogens is 2. The standard InChI is InChI=1S/C21H19ClN6O3S/c1-13(29)25-18-11-14(8-10-23-18)12-32-20-17(3-2-9-24-20)19(30)27-28-21(31)26-16-6-4-15(22)5-7-16/h2-11H,12H2,1H3,(H,27,30)(H,23,25,29)(H2,26,28,31). The van der Waals surface area contributed by atoms with Crippen LogP contribution in [0.1, 0.15) is 22.8 Å². The molecule has 0 saturated heterocycles. The van der Waals surface area contributed by atoms with Crippen LogP contribution >= 0.6 is 23.4 Å². The fourth-order valence-corrected chi connectivity index (χ4v) is 3.58. The number of nitrogens with one attached hydrogen (secondary N) is 4. The van der Waals surface area contributed by atoms with E-state index in [2.05, 4.69) is 31.5 Å². The molecule has 0 bridgehead atoms. The van der Waals surface area contributed by atoms with E-state index in [4.69, 9.17) is 11.6 Å². The van der Waals surface area contributed by atoms with E-state index in [0.29, 0.717) is 32.9 Å². The molecular formula is C21H19ClN6O3S. The maximum absolute atomic E-state index is 12.6. The van der Waals surface area contributed by atoms with Crippen molar-refractivity contribution in [2.75, 3.05) is 10.6 Å². The average Bonchev–Trinajstić information content (AvgIpc) is 2.77. The Labute approximate surface area is 193 Å². The van der Waals surface area contributed by atoms with Gasteiger partial charge in [0, 0.05) is 35.8 Å². The first kappa shape index (κ1) is 23.0. The van der Waals surface area contributed by atoms with E-state index in [0.717, 1.165) is 5.56 Å². The van der Waals surface area contributed by atoms with Gasteiger partial charge in [-0.1, -0.05) is 11.6 Å². The van der Waals surface area contributed by atoms with Crippen LogP contribution in [0.2, 0.25) is 5.02 Å². The lowest BCUT2D eigenvalue weighted by Gasteiger charge is -2.11. The smallest absolute Gasteiger partial charge is 0.311 e. The van der Waals surface area contributed by atoms with Gasteiger partial charge in [-0.25, -0.2) is 20.2 Å². The second-order valence-corrected chi connectivity index (χ2v) is 7.82. The van der Waals surface area contributed by atoms with Crippen molar-refractivity contribution in [2.45, 2.75) is 17.7 Å². The van der Waals surface area contributed by atoms with Gasteiger partial charge in [-0.15, -0.1) is 11.8 Å². The Morgan fingerprint density at radius 3 is 2.50 bits per heavy atom. The average molecular weight is 471 g/mol. The predicted molar refractivity (Wildman–Crippen MR) is 123 cm³/mol. The van der Waals surface area contributed by atoms with Gasteiger partial charge in [0.15, 0.2) is 0 Å². The van der Waals surface area contributed by atoms with Gasteiger partial charge in [0.25, 0.3) is 5.91 Å². The Morgan fingerprint density at radius 2 is 1.75 bits per heavy atom. The molecule has 0 aliphatic carbocycles. The lowest BCUT2D eigenvalue weighted by Crippen LogP contribution is -2.44. The summed E-state index contributed by atoms with van der Waals surface area (Å²) in [4.78, 5) is 44.1. The van der Waals surface area contributed by atoms with Gasteiger partial charge >= 0.3 is 6.03 Å². The number of rotatable bonds is 6. The van der Waals surface area contributed by atoms with Crippen LogP contribution in [0.3, 0.4) is 0 Å². The zero-order chi connectivity index (χ0) is 22.9. The zero-order valence-electron chi connectivity index (χ0n) is 16.9. The van der Waals surface area contributed by atoms with Crippen molar-refractivity contribution in [3.63, 3.8) is 0 Å². The maximum atomic E-state index is 12.6. The number of amides is 4. The van der Waals surface area contributed by atoms with E-state index in [1.54, 1.807) is 54.9 Å². The van der Waals surface area contributed by atoms with Crippen molar-refractivity contribution >= 4 is 52.7 Å². The molecule has 0 aliphatic heterocycles. The van der Waals surface area contributed by atoms with Crippen molar-refractivity contribution in [1.29, 1.82) is 0 Å². The first-order valence-corrected chi connectivity index (χ1v) is 10.7. The molecule has 11 heteroatoms. The quantitative estimate of drug-likeness (QED) is 0.320. The SMILES string of the molecule is CC(=O)Nc1cc(CSc2ncccc2C(=O)NNC(=O)Nc2ccc(Cl)cc2)ccn1. The summed E-state index contributed by atoms with van der Waals surface area (Å²) >= 11 is 7.15. The Morgan fingerprint density at radius 1 is 0.969 bits per heavy atom. The highest BCUT2D eigenvalue weighted by atomic mass is 35.5. The first-order valence-electron chi connectivity index (χ1n) is 9.34. The molecule has 3 rings (SSSR count). The Hall–Kier alpha value is -3.63. The van der Waals surface area contributed by atoms with Crippen LogP contribution < -0.4 is 21.5 Å².